The van der Waals surface area contributed by atoms with E-state index >= 15 is 0 Å². The molecule has 1 fully saturated rings. The summed E-state index contributed by atoms with van der Waals surface area (Å²) in [5.74, 6) is 0.986. The molecule has 0 aliphatic heterocycles. The van der Waals surface area contributed by atoms with Crippen LogP contribution in [0.1, 0.15) is 77.0 Å². The van der Waals surface area contributed by atoms with Gasteiger partial charge in [0.15, 0.2) is 5.82 Å². The molecule has 1 aliphatic carbocycles. The predicted molar refractivity (Wildman–Crippen MR) is 80.3 cm³/mol. The summed E-state index contributed by atoms with van der Waals surface area (Å²) < 4.78 is 1.96. The molecule has 0 radical (unpaired) electrons. The van der Waals surface area contributed by atoms with Crippen molar-refractivity contribution in [2.24, 2.45) is 0 Å². The molecule has 1 saturated carbocycles. The fourth-order valence-corrected chi connectivity index (χ4v) is 2.44. The monoisotopic (exact) mass is 279 g/mol. The maximum Gasteiger partial charge on any atom is 0.165 e. The van der Waals surface area contributed by atoms with E-state index in [1.54, 1.807) is 0 Å². The summed E-state index contributed by atoms with van der Waals surface area (Å²) in [6.07, 6.45) is 13.3. The molecule has 20 heavy (non-hydrogen) atoms. The average Bonchev–Trinajstić information content (AvgIpc) is 3.19. The Kier molecular flexibility index (Phi) is 6.98. The summed E-state index contributed by atoms with van der Waals surface area (Å²) in [4.78, 5) is 0. The van der Waals surface area contributed by atoms with Gasteiger partial charge in [-0.05, 0) is 29.7 Å². The van der Waals surface area contributed by atoms with Crippen LogP contribution in [-0.2, 0) is 13.1 Å². The molecule has 1 N–H and O–H groups in total. The van der Waals surface area contributed by atoms with Crippen LogP contribution in [0.2, 0.25) is 0 Å². The first kappa shape index (κ1) is 15.4. The summed E-state index contributed by atoms with van der Waals surface area (Å²) >= 11 is 0. The minimum Gasteiger partial charge on any atom is -0.307 e. The first-order valence-corrected chi connectivity index (χ1v) is 8.38. The summed E-state index contributed by atoms with van der Waals surface area (Å²) in [6.45, 7) is 4.04. The fraction of sp³-hybridized carbons (Fsp3) is 0.933. The highest BCUT2D eigenvalue weighted by atomic mass is 15.5. The zero-order chi connectivity index (χ0) is 14.0. The molecular weight excluding hydrogens is 250 g/mol. The molecule has 2 rings (SSSR count). The third-order valence-corrected chi connectivity index (χ3v) is 3.96. The molecule has 5 nitrogen and oxygen atoms in total. The van der Waals surface area contributed by atoms with E-state index in [-0.39, 0.29) is 0 Å². The van der Waals surface area contributed by atoms with Crippen molar-refractivity contribution in [2.45, 2.75) is 90.3 Å². The van der Waals surface area contributed by atoms with E-state index in [0.717, 1.165) is 18.9 Å². The molecule has 1 aromatic rings. The third-order valence-electron chi connectivity index (χ3n) is 3.96. The van der Waals surface area contributed by atoms with E-state index < -0.39 is 0 Å². The Morgan fingerprint density at radius 3 is 2.45 bits per heavy atom. The first-order chi connectivity index (χ1) is 9.90. The SMILES string of the molecule is CCCCCCCCCCn1nnnc1CNC1CC1. The number of aryl methyl sites for hydroxylation is 1. The Morgan fingerprint density at radius 2 is 1.75 bits per heavy atom. The van der Waals surface area contributed by atoms with Gasteiger partial charge in [0.1, 0.15) is 0 Å². The highest BCUT2D eigenvalue weighted by Gasteiger charge is 2.21. The van der Waals surface area contributed by atoms with Gasteiger partial charge in [0.2, 0.25) is 0 Å². The highest BCUT2D eigenvalue weighted by Crippen LogP contribution is 2.18. The van der Waals surface area contributed by atoms with Crippen molar-refractivity contribution in [1.29, 1.82) is 0 Å². The summed E-state index contributed by atoms with van der Waals surface area (Å²) in [6, 6.07) is 0.711. The lowest BCUT2D eigenvalue weighted by Gasteiger charge is -2.05. The second-order valence-corrected chi connectivity index (χ2v) is 5.95. The van der Waals surface area contributed by atoms with Gasteiger partial charge in [-0.15, -0.1) is 5.10 Å². The predicted octanol–water partition coefficient (Wildman–Crippen LogP) is 3.07. The standard InChI is InChI=1S/C15H29N5/c1-2-3-4-5-6-7-8-9-12-20-15(17-18-19-20)13-16-14-10-11-14/h14,16H,2-13H2,1H3. The molecule has 1 aromatic heterocycles. The Labute approximate surface area is 122 Å². The van der Waals surface area contributed by atoms with Crippen LogP contribution in [0.3, 0.4) is 0 Å². The van der Waals surface area contributed by atoms with E-state index in [2.05, 4.69) is 27.8 Å². The molecule has 0 atom stereocenters. The Morgan fingerprint density at radius 1 is 1.05 bits per heavy atom. The molecule has 0 saturated heterocycles. The van der Waals surface area contributed by atoms with Crippen LogP contribution in [0.25, 0.3) is 0 Å². The summed E-state index contributed by atoms with van der Waals surface area (Å²) in [7, 11) is 0. The molecule has 0 amide bonds. The molecule has 0 unspecified atom stereocenters. The molecule has 114 valence electrons. The van der Waals surface area contributed by atoms with E-state index in [0.29, 0.717) is 6.04 Å². The maximum absolute atomic E-state index is 4.10. The van der Waals surface area contributed by atoms with Crippen LogP contribution in [-0.4, -0.2) is 26.2 Å². The van der Waals surface area contributed by atoms with Crippen molar-refractivity contribution in [3.63, 3.8) is 0 Å². The van der Waals surface area contributed by atoms with E-state index in [4.69, 9.17) is 0 Å². The Balaban J connectivity index is 1.51. The van der Waals surface area contributed by atoms with Crippen LogP contribution < -0.4 is 5.32 Å². The van der Waals surface area contributed by atoms with Crippen LogP contribution >= 0.6 is 0 Å². The van der Waals surface area contributed by atoms with Gasteiger partial charge in [0.05, 0.1) is 6.54 Å². The van der Waals surface area contributed by atoms with Gasteiger partial charge in [-0.3, -0.25) is 0 Å². The number of nitrogens with zero attached hydrogens (tertiary/aromatic N) is 4. The van der Waals surface area contributed by atoms with E-state index in [1.165, 1.54) is 64.2 Å². The summed E-state index contributed by atoms with van der Waals surface area (Å²) in [5.41, 5.74) is 0. The normalized spacial score (nSPS) is 14.8. The molecule has 1 aliphatic rings. The number of unbranched alkanes of at least 4 members (excludes halogenated alkanes) is 7. The van der Waals surface area contributed by atoms with Gasteiger partial charge < -0.3 is 5.32 Å². The molecule has 0 aromatic carbocycles. The Hall–Kier alpha value is -0.970. The number of rotatable bonds is 12. The van der Waals surface area contributed by atoms with E-state index in [9.17, 15) is 0 Å². The number of aromatic nitrogens is 4. The molecular formula is C15H29N5. The van der Waals surface area contributed by atoms with Gasteiger partial charge in [-0.25, -0.2) is 4.68 Å². The van der Waals surface area contributed by atoms with Gasteiger partial charge in [0.25, 0.3) is 0 Å². The molecule has 0 bridgehead atoms. The van der Waals surface area contributed by atoms with Crippen molar-refractivity contribution >= 4 is 0 Å². The number of tetrazole rings is 1. The van der Waals surface area contributed by atoms with Crippen molar-refractivity contribution in [2.75, 3.05) is 0 Å². The first-order valence-electron chi connectivity index (χ1n) is 8.38. The largest absolute Gasteiger partial charge is 0.307 e. The molecule has 1 heterocycles. The zero-order valence-corrected chi connectivity index (χ0v) is 12.9. The molecule has 0 spiro atoms. The second kappa shape index (κ2) is 9.06. The smallest absolute Gasteiger partial charge is 0.165 e. The maximum atomic E-state index is 4.10. The zero-order valence-electron chi connectivity index (χ0n) is 12.9. The number of nitrogens with one attached hydrogen (secondary N) is 1. The average molecular weight is 279 g/mol. The minimum absolute atomic E-state index is 0.711. The van der Waals surface area contributed by atoms with Crippen LogP contribution in [0, 0.1) is 0 Å². The van der Waals surface area contributed by atoms with Crippen LogP contribution in [0.15, 0.2) is 0 Å². The topological polar surface area (TPSA) is 55.6 Å². The van der Waals surface area contributed by atoms with Crippen molar-refractivity contribution in [3.8, 4) is 0 Å². The minimum atomic E-state index is 0.711. The molecule has 5 heteroatoms. The van der Waals surface area contributed by atoms with E-state index in [1.807, 2.05) is 4.68 Å². The van der Waals surface area contributed by atoms with Crippen LogP contribution in [0.5, 0.6) is 0 Å². The highest BCUT2D eigenvalue weighted by molar-refractivity contribution is 4.86. The van der Waals surface area contributed by atoms with Crippen molar-refractivity contribution in [3.05, 3.63) is 5.82 Å². The van der Waals surface area contributed by atoms with Gasteiger partial charge in [0, 0.05) is 12.6 Å². The second-order valence-electron chi connectivity index (χ2n) is 5.95. The Bertz CT molecular complexity index is 359. The summed E-state index contributed by atoms with van der Waals surface area (Å²) in [5, 5.41) is 15.5. The van der Waals surface area contributed by atoms with Gasteiger partial charge >= 0.3 is 0 Å². The lowest BCUT2D eigenvalue weighted by molar-refractivity contribution is 0.490. The fourth-order valence-electron chi connectivity index (χ4n) is 2.44. The van der Waals surface area contributed by atoms with Crippen LogP contribution in [0.4, 0.5) is 0 Å². The quantitative estimate of drug-likeness (QED) is 0.597. The lowest BCUT2D eigenvalue weighted by atomic mass is 10.1. The van der Waals surface area contributed by atoms with Gasteiger partial charge in [-0.2, -0.15) is 0 Å². The third kappa shape index (κ3) is 5.99. The van der Waals surface area contributed by atoms with Crippen molar-refractivity contribution in [1.82, 2.24) is 25.5 Å². The lowest BCUT2D eigenvalue weighted by Crippen LogP contribution is -2.19. The number of hydrogen-bond donors (Lipinski definition) is 1. The number of hydrogen-bond acceptors (Lipinski definition) is 4. The van der Waals surface area contributed by atoms with Crippen molar-refractivity contribution < 1.29 is 0 Å². The van der Waals surface area contributed by atoms with Gasteiger partial charge in [-0.1, -0.05) is 51.9 Å².